The summed E-state index contributed by atoms with van der Waals surface area (Å²) < 4.78 is 15.7. The van der Waals surface area contributed by atoms with Crippen LogP contribution in [-0.2, 0) is 11.3 Å². The summed E-state index contributed by atoms with van der Waals surface area (Å²) in [6, 6.07) is 11.2. The number of benzene rings is 1. The molecular weight excluding hydrogens is 308 g/mol. The summed E-state index contributed by atoms with van der Waals surface area (Å²) in [7, 11) is 3.24. The molecule has 3 N–H and O–H groups in total. The fourth-order valence-corrected chi connectivity index (χ4v) is 1.95. The van der Waals surface area contributed by atoms with Crippen molar-refractivity contribution in [3.63, 3.8) is 0 Å². The Morgan fingerprint density at radius 2 is 2.08 bits per heavy atom. The molecule has 0 amide bonds. The molecule has 0 unspecified atom stereocenters. The van der Waals surface area contributed by atoms with E-state index in [0.717, 1.165) is 17.0 Å². The Labute approximate surface area is 141 Å². The van der Waals surface area contributed by atoms with Gasteiger partial charge >= 0.3 is 0 Å². The number of nitrogens with one attached hydrogen (secondary N) is 1. The van der Waals surface area contributed by atoms with Crippen LogP contribution in [0.25, 0.3) is 0 Å². The van der Waals surface area contributed by atoms with Crippen LogP contribution < -0.4 is 20.5 Å². The molecule has 0 aliphatic rings. The molecule has 0 saturated heterocycles. The maximum absolute atomic E-state index is 5.93. The summed E-state index contributed by atoms with van der Waals surface area (Å²) >= 11 is 0. The summed E-state index contributed by atoms with van der Waals surface area (Å²) in [5, 5.41) is 3.03. The molecule has 2 rings (SSSR count). The minimum absolute atomic E-state index is 0.301. The van der Waals surface area contributed by atoms with Gasteiger partial charge in [-0.2, -0.15) is 0 Å². The highest BCUT2D eigenvalue weighted by molar-refractivity contribution is 5.92. The lowest BCUT2D eigenvalue weighted by molar-refractivity contribution is 0.143. The minimum atomic E-state index is 0.301. The Balaban J connectivity index is 1.99. The van der Waals surface area contributed by atoms with Crippen LogP contribution >= 0.6 is 0 Å². The van der Waals surface area contributed by atoms with Crippen LogP contribution in [0, 0.1) is 0 Å². The monoisotopic (exact) mass is 330 g/mol. The molecule has 0 aliphatic heterocycles. The smallest absolute Gasteiger partial charge is 0.218 e. The Bertz CT molecular complexity index is 676. The number of aliphatic imine (C=N–C) groups is 1. The molecular formula is C17H22N4O3. The van der Waals surface area contributed by atoms with Crippen molar-refractivity contribution in [2.24, 2.45) is 10.7 Å². The standard InChI is InChI=1S/C17H22N4O3/c1-22-9-10-24-16-13(5-4-8-19-16)12-20-17(18)21-14-6-3-7-15(11-14)23-2/h3-8,11H,9-10,12H2,1-2H3,(H3,18,20,21). The molecule has 0 saturated carbocycles. The summed E-state index contributed by atoms with van der Waals surface area (Å²) in [6.07, 6.45) is 1.67. The van der Waals surface area contributed by atoms with Crippen molar-refractivity contribution >= 4 is 11.6 Å². The van der Waals surface area contributed by atoms with E-state index >= 15 is 0 Å². The van der Waals surface area contributed by atoms with E-state index in [2.05, 4.69) is 15.3 Å². The summed E-state index contributed by atoms with van der Waals surface area (Å²) in [4.78, 5) is 8.54. The zero-order valence-electron chi connectivity index (χ0n) is 13.9. The van der Waals surface area contributed by atoms with Gasteiger partial charge in [-0.05, 0) is 18.2 Å². The quantitative estimate of drug-likeness (QED) is 0.437. The second-order valence-corrected chi connectivity index (χ2v) is 4.87. The van der Waals surface area contributed by atoms with E-state index in [0.29, 0.717) is 31.6 Å². The van der Waals surface area contributed by atoms with Crippen LogP contribution in [0.5, 0.6) is 11.6 Å². The van der Waals surface area contributed by atoms with Gasteiger partial charge in [0.1, 0.15) is 12.4 Å². The molecule has 1 aromatic carbocycles. The van der Waals surface area contributed by atoms with E-state index in [1.807, 2.05) is 36.4 Å². The predicted octanol–water partition coefficient (Wildman–Crippen LogP) is 2.04. The number of hydrogen-bond donors (Lipinski definition) is 2. The van der Waals surface area contributed by atoms with E-state index in [9.17, 15) is 0 Å². The molecule has 128 valence electrons. The van der Waals surface area contributed by atoms with Gasteiger partial charge in [-0.1, -0.05) is 12.1 Å². The SMILES string of the molecule is COCCOc1ncccc1CN=C(N)Nc1cccc(OC)c1. The van der Waals surface area contributed by atoms with Gasteiger partial charge in [0.25, 0.3) is 0 Å². The molecule has 0 atom stereocenters. The number of methoxy groups -OCH3 is 2. The number of hydrogen-bond acceptors (Lipinski definition) is 5. The Morgan fingerprint density at radius 3 is 2.88 bits per heavy atom. The van der Waals surface area contributed by atoms with Gasteiger partial charge in [-0.3, -0.25) is 0 Å². The first-order chi connectivity index (χ1) is 11.7. The Hall–Kier alpha value is -2.80. The van der Waals surface area contributed by atoms with E-state index in [-0.39, 0.29) is 0 Å². The third-order valence-electron chi connectivity index (χ3n) is 3.14. The Morgan fingerprint density at radius 1 is 1.21 bits per heavy atom. The average Bonchev–Trinajstić information content (AvgIpc) is 2.61. The number of pyridine rings is 1. The fraction of sp³-hybridized carbons (Fsp3) is 0.294. The largest absolute Gasteiger partial charge is 0.497 e. The minimum Gasteiger partial charge on any atom is -0.497 e. The fourth-order valence-electron chi connectivity index (χ4n) is 1.95. The highest BCUT2D eigenvalue weighted by Gasteiger charge is 2.04. The number of nitrogens with two attached hydrogens (primary N) is 1. The molecule has 0 radical (unpaired) electrons. The predicted molar refractivity (Wildman–Crippen MR) is 93.6 cm³/mol. The van der Waals surface area contributed by atoms with E-state index in [4.69, 9.17) is 19.9 Å². The van der Waals surface area contributed by atoms with Crippen LogP contribution in [0.2, 0.25) is 0 Å². The lowest BCUT2D eigenvalue weighted by Gasteiger charge is -2.09. The van der Waals surface area contributed by atoms with Gasteiger partial charge in [-0.15, -0.1) is 0 Å². The molecule has 0 aliphatic carbocycles. The second kappa shape index (κ2) is 9.36. The topological polar surface area (TPSA) is 91.0 Å². The van der Waals surface area contributed by atoms with Crippen LogP contribution in [0.3, 0.4) is 0 Å². The van der Waals surface area contributed by atoms with Crippen molar-refractivity contribution < 1.29 is 14.2 Å². The number of guanidine groups is 1. The number of anilines is 1. The maximum atomic E-state index is 5.93. The van der Waals surface area contributed by atoms with Crippen LogP contribution in [-0.4, -0.2) is 38.4 Å². The molecule has 7 nitrogen and oxygen atoms in total. The first kappa shape index (κ1) is 17.6. The van der Waals surface area contributed by atoms with Gasteiger partial charge in [-0.25, -0.2) is 9.98 Å². The summed E-state index contributed by atoms with van der Waals surface area (Å²) in [6.45, 7) is 1.29. The number of aromatic nitrogens is 1. The van der Waals surface area contributed by atoms with Crippen LogP contribution in [0.1, 0.15) is 5.56 Å². The van der Waals surface area contributed by atoms with Gasteiger partial charge in [0.15, 0.2) is 5.96 Å². The zero-order chi connectivity index (χ0) is 17.2. The van der Waals surface area contributed by atoms with E-state index < -0.39 is 0 Å². The van der Waals surface area contributed by atoms with Crippen molar-refractivity contribution in [2.75, 3.05) is 32.8 Å². The third-order valence-corrected chi connectivity index (χ3v) is 3.14. The first-order valence-corrected chi connectivity index (χ1v) is 7.49. The van der Waals surface area contributed by atoms with Crippen molar-refractivity contribution in [1.29, 1.82) is 0 Å². The van der Waals surface area contributed by atoms with E-state index in [1.54, 1.807) is 20.4 Å². The normalized spacial score (nSPS) is 11.2. The van der Waals surface area contributed by atoms with E-state index in [1.165, 1.54) is 0 Å². The molecule has 2 aromatic rings. The average molecular weight is 330 g/mol. The molecule has 24 heavy (non-hydrogen) atoms. The molecule has 7 heteroatoms. The van der Waals surface area contributed by atoms with Crippen molar-refractivity contribution in [2.45, 2.75) is 6.54 Å². The maximum Gasteiger partial charge on any atom is 0.218 e. The molecule has 1 aromatic heterocycles. The summed E-state index contributed by atoms with van der Waals surface area (Å²) in [5.74, 6) is 1.58. The molecule has 0 spiro atoms. The number of nitrogens with zero attached hydrogens (tertiary/aromatic N) is 2. The zero-order valence-corrected chi connectivity index (χ0v) is 13.9. The van der Waals surface area contributed by atoms with Crippen molar-refractivity contribution in [1.82, 2.24) is 4.98 Å². The molecule has 0 fully saturated rings. The van der Waals surface area contributed by atoms with Gasteiger partial charge in [0.05, 0.1) is 20.3 Å². The third kappa shape index (κ3) is 5.44. The van der Waals surface area contributed by atoms with Gasteiger partial charge < -0.3 is 25.3 Å². The van der Waals surface area contributed by atoms with Crippen LogP contribution in [0.15, 0.2) is 47.6 Å². The Kier molecular flexibility index (Phi) is 6.85. The summed E-state index contributed by atoms with van der Waals surface area (Å²) in [5.41, 5.74) is 7.59. The second-order valence-electron chi connectivity index (χ2n) is 4.87. The van der Waals surface area contributed by atoms with Crippen LogP contribution in [0.4, 0.5) is 5.69 Å². The number of ether oxygens (including phenoxy) is 3. The molecule has 0 bridgehead atoms. The number of rotatable bonds is 8. The highest BCUT2D eigenvalue weighted by atomic mass is 16.5. The van der Waals surface area contributed by atoms with Crippen molar-refractivity contribution in [3.05, 3.63) is 48.2 Å². The van der Waals surface area contributed by atoms with Crippen molar-refractivity contribution in [3.8, 4) is 11.6 Å². The molecule has 1 heterocycles. The van der Waals surface area contributed by atoms with Gasteiger partial charge in [0.2, 0.25) is 5.88 Å². The lowest BCUT2D eigenvalue weighted by Crippen LogP contribution is -2.22. The van der Waals surface area contributed by atoms with Gasteiger partial charge in [0, 0.05) is 30.6 Å². The highest BCUT2D eigenvalue weighted by Crippen LogP contribution is 2.17. The lowest BCUT2D eigenvalue weighted by atomic mass is 10.3. The first-order valence-electron chi connectivity index (χ1n) is 7.49.